The smallest absolute Gasteiger partial charge is 0.323 e. The van der Waals surface area contributed by atoms with E-state index in [1.165, 1.54) is 18.5 Å². The van der Waals surface area contributed by atoms with Gasteiger partial charge in [-0.15, -0.1) is 0 Å². The number of halogens is 1. The Hall–Kier alpha value is -4.16. The van der Waals surface area contributed by atoms with Crippen molar-refractivity contribution in [3.05, 3.63) is 64.9 Å². The van der Waals surface area contributed by atoms with Crippen LogP contribution >= 0.6 is 11.6 Å². The standard InChI is InChI=1S/C23H19ClN6O3/c1-13-8-17(33-21-10-20(26-12-27-21)30-22(31)14-2-3-14)6-7-19(13)29-23(32)28-16-5-4-15(11-25)18(24)9-16/h4-10,12,14H,2-3H2,1H3,(H2,28,29,32)(H,26,27,30,31). The van der Waals surface area contributed by atoms with E-state index in [2.05, 4.69) is 25.9 Å². The Balaban J connectivity index is 1.38. The number of benzene rings is 2. The molecule has 0 unspecified atom stereocenters. The summed E-state index contributed by atoms with van der Waals surface area (Å²) in [6.45, 7) is 1.82. The van der Waals surface area contributed by atoms with E-state index in [0.717, 1.165) is 18.4 Å². The van der Waals surface area contributed by atoms with E-state index in [1.54, 1.807) is 30.3 Å². The molecule has 0 aliphatic heterocycles. The second-order valence-corrected chi connectivity index (χ2v) is 7.88. The molecular weight excluding hydrogens is 444 g/mol. The maximum Gasteiger partial charge on any atom is 0.323 e. The molecule has 1 aliphatic rings. The average Bonchev–Trinajstić information content (AvgIpc) is 3.62. The number of nitrogens with one attached hydrogen (secondary N) is 3. The second kappa shape index (κ2) is 9.54. The van der Waals surface area contributed by atoms with E-state index in [4.69, 9.17) is 21.6 Å². The number of hydrogen-bond donors (Lipinski definition) is 3. The third-order valence-electron chi connectivity index (χ3n) is 4.86. The lowest BCUT2D eigenvalue weighted by Gasteiger charge is -2.12. The van der Waals surface area contributed by atoms with E-state index >= 15 is 0 Å². The number of amides is 3. The third-order valence-corrected chi connectivity index (χ3v) is 5.17. The number of urea groups is 1. The maximum atomic E-state index is 12.3. The SMILES string of the molecule is Cc1cc(Oc2cc(NC(=O)C3CC3)ncn2)ccc1NC(=O)Nc1ccc(C#N)c(Cl)c1. The highest BCUT2D eigenvalue weighted by Gasteiger charge is 2.29. The molecule has 33 heavy (non-hydrogen) atoms. The summed E-state index contributed by atoms with van der Waals surface area (Å²) in [5.41, 5.74) is 2.13. The van der Waals surface area contributed by atoms with Crippen LogP contribution in [0, 0.1) is 24.2 Å². The second-order valence-electron chi connectivity index (χ2n) is 7.47. The molecule has 3 amide bonds. The lowest BCUT2D eigenvalue weighted by Crippen LogP contribution is -2.20. The normalized spacial score (nSPS) is 12.4. The fourth-order valence-electron chi connectivity index (χ4n) is 2.97. The number of aryl methyl sites for hydroxylation is 1. The molecule has 0 saturated heterocycles. The Morgan fingerprint density at radius 2 is 1.91 bits per heavy atom. The Bertz CT molecular complexity index is 1270. The minimum atomic E-state index is -0.459. The van der Waals surface area contributed by atoms with Gasteiger partial charge >= 0.3 is 6.03 Å². The van der Waals surface area contributed by atoms with Gasteiger partial charge in [0.15, 0.2) is 0 Å². The molecule has 1 saturated carbocycles. The summed E-state index contributed by atoms with van der Waals surface area (Å²) in [4.78, 5) is 32.4. The van der Waals surface area contributed by atoms with Crippen LogP contribution in [0.2, 0.25) is 5.02 Å². The summed E-state index contributed by atoms with van der Waals surface area (Å²) < 4.78 is 5.78. The first-order chi connectivity index (χ1) is 15.9. The number of carbonyl (C=O) groups excluding carboxylic acids is 2. The molecule has 1 heterocycles. The first-order valence-corrected chi connectivity index (χ1v) is 10.5. The number of aromatic nitrogens is 2. The molecule has 9 nitrogen and oxygen atoms in total. The van der Waals surface area contributed by atoms with Gasteiger partial charge in [0.1, 0.15) is 24.0 Å². The summed E-state index contributed by atoms with van der Waals surface area (Å²) in [5, 5.41) is 17.4. The van der Waals surface area contributed by atoms with Gasteiger partial charge in [-0.1, -0.05) is 11.6 Å². The number of nitrogens with zero attached hydrogens (tertiary/aromatic N) is 3. The molecule has 3 N–H and O–H groups in total. The minimum absolute atomic E-state index is 0.0486. The molecule has 1 aromatic heterocycles. The molecule has 0 bridgehead atoms. The molecular formula is C23H19ClN6O3. The Morgan fingerprint density at radius 1 is 1.09 bits per heavy atom. The van der Waals surface area contributed by atoms with Crippen molar-refractivity contribution in [2.45, 2.75) is 19.8 Å². The highest BCUT2D eigenvalue weighted by Crippen LogP contribution is 2.30. The number of hydrogen-bond acceptors (Lipinski definition) is 6. The number of ether oxygens (including phenoxy) is 1. The van der Waals surface area contributed by atoms with Crippen LogP contribution in [-0.2, 0) is 4.79 Å². The molecule has 0 spiro atoms. The Labute approximate surface area is 194 Å². The first-order valence-electron chi connectivity index (χ1n) is 10.1. The molecule has 10 heteroatoms. The summed E-state index contributed by atoms with van der Waals surface area (Å²) >= 11 is 6.00. The minimum Gasteiger partial charge on any atom is -0.439 e. The molecule has 1 aliphatic carbocycles. The zero-order valence-corrected chi connectivity index (χ0v) is 18.3. The predicted molar refractivity (Wildman–Crippen MR) is 123 cm³/mol. The van der Waals surface area contributed by atoms with Crippen molar-refractivity contribution in [3.63, 3.8) is 0 Å². The fraction of sp³-hybridized carbons (Fsp3) is 0.174. The largest absolute Gasteiger partial charge is 0.439 e. The number of anilines is 3. The van der Waals surface area contributed by atoms with Gasteiger partial charge in [0.25, 0.3) is 0 Å². The maximum absolute atomic E-state index is 12.3. The van der Waals surface area contributed by atoms with Crippen molar-refractivity contribution in [3.8, 4) is 17.7 Å². The van der Waals surface area contributed by atoms with Crippen LogP contribution < -0.4 is 20.7 Å². The van der Waals surface area contributed by atoms with Crippen LogP contribution in [0.25, 0.3) is 0 Å². The van der Waals surface area contributed by atoms with Gasteiger partial charge in [-0.25, -0.2) is 14.8 Å². The van der Waals surface area contributed by atoms with Gasteiger partial charge in [0.2, 0.25) is 11.8 Å². The van der Waals surface area contributed by atoms with Crippen molar-refractivity contribution in [2.75, 3.05) is 16.0 Å². The molecule has 4 rings (SSSR count). The van der Waals surface area contributed by atoms with Crippen LogP contribution in [0.1, 0.15) is 24.0 Å². The summed E-state index contributed by atoms with van der Waals surface area (Å²) in [6.07, 6.45) is 3.12. The van der Waals surface area contributed by atoms with Crippen molar-refractivity contribution in [1.82, 2.24) is 9.97 Å². The third kappa shape index (κ3) is 5.75. The highest BCUT2D eigenvalue weighted by atomic mass is 35.5. The lowest BCUT2D eigenvalue weighted by molar-refractivity contribution is -0.117. The van der Waals surface area contributed by atoms with Crippen LogP contribution in [0.3, 0.4) is 0 Å². The van der Waals surface area contributed by atoms with E-state index in [1.807, 2.05) is 13.0 Å². The number of carbonyl (C=O) groups is 2. The molecule has 1 fully saturated rings. The molecule has 166 valence electrons. The molecule has 0 atom stereocenters. The molecule has 3 aromatic rings. The van der Waals surface area contributed by atoms with Crippen LogP contribution in [0.15, 0.2) is 48.8 Å². The quantitative estimate of drug-likeness (QED) is 0.467. The van der Waals surface area contributed by atoms with Gasteiger partial charge < -0.3 is 20.7 Å². The number of nitriles is 1. The van der Waals surface area contributed by atoms with Crippen molar-refractivity contribution < 1.29 is 14.3 Å². The van der Waals surface area contributed by atoms with Crippen LogP contribution in [0.4, 0.5) is 22.0 Å². The zero-order chi connectivity index (χ0) is 23.4. The molecule has 2 aromatic carbocycles. The topological polar surface area (TPSA) is 129 Å². The van der Waals surface area contributed by atoms with E-state index < -0.39 is 6.03 Å². The monoisotopic (exact) mass is 462 g/mol. The van der Waals surface area contributed by atoms with Gasteiger partial charge in [0, 0.05) is 23.4 Å². The highest BCUT2D eigenvalue weighted by molar-refractivity contribution is 6.32. The Kier molecular flexibility index (Phi) is 6.38. The van der Waals surface area contributed by atoms with Crippen LogP contribution in [0.5, 0.6) is 11.6 Å². The summed E-state index contributed by atoms with van der Waals surface area (Å²) in [7, 11) is 0. The van der Waals surface area contributed by atoms with Crippen molar-refractivity contribution >= 4 is 40.7 Å². The van der Waals surface area contributed by atoms with Gasteiger partial charge in [-0.3, -0.25) is 4.79 Å². The van der Waals surface area contributed by atoms with Crippen LogP contribution in [-0.4, -0.2) is 21.9 Å². The van der Waals surface area contributed by atoms with E-state index in [9.17, 15) is 9.59 Å². The van der Waals surface area contributed by atoms with Gasteiger partial charge in [-0.05, 0) is 61.7 Å². The fourth-order valence-corrected chi connectivity index (χ4v) is 3.19. The lowest BCUT2D eigenvalue weighted by atomic mass is 10.2. The number of rotatable bonds is 6. The summed E-state index contributed by atoms with van der Waals surface area (Å²) in [5.74, 6) is 1.19. The van der Waals surface area contributed by atoms with Crippen molar-refractivity contribution in [1.29, 1.82) is 5.26 Å². The average molecular weight is 463 g/mol. The van der Waals surface area contributed by atoms with E-state index in [0.29, 0.717) is 28.5 Å². The van der Waals surface area contributed by atoms with Gasteiger partial charge in [-0.2, -0.15) is 5.26 Å². The molecule has 0 radical (unpaired) electrons. The Morgan fingerprint density at radius 3 is 2.61 bits per heavy atom. The first kappa shape index (κ1) is 22.0. The van der Waals surface area contributed by atoms with Gasteiger partial charge in [0.05, 0.1) is 10.6 Å². The van der Waals surface area contributed by atoms with E-state index in [-0.39, 0.29) is 22.7 Å². The zero-order valence-electron chi connectivity index (χ0n) is 17.6. The summed E-state index contributed by atoms with van der Waals surface area (Å²) in [6, 6.07) is 12.8. The van der Waals surface area contributed by atoms with Crippen molar-refractivity contribution in [2.24, 2.45) is 5.92 Å². The predicted octanol–water partition coefficient (Wildman–Crippen LogP) is 5.09.